The molecule has 1 aliphatic rings. The fraction of sp³-hybridized carbons (Fsp3) is 0.455. The van der Waals surface area contributed by atoms with E-state index in [-0.39, 0.29) is 30.0 Å². The minimum absolute atomic E-state index is 0. The van der Waals surface area contributed by atoms with Gasteiger partial charge in [-0.25, -0.2) is 0 Å². The zero-order chi connectivity index (χ0) is 19.8. The van der Waals surface area contributed by atoms with E-state index in [1.807, 2.05) is 6.07 Å². The number of furan rings is 1. The number of carbonyl (C=O) groups excluding carboxylic acids is 2. The summed E-state index contributed by atoms with van der Waals surface area (Å²) in [6, 6.07) is 10.9. The Hall–Kier alpha value is -2.31. The highest BCUT2D eigenvalue weighted by molar-refractivity contribution is 6.09. The lowest BCUT2D eigenvalue weighted by Crippen LogP contribution is -2.37. The number of hydrogen-bond acceptors (Lipinski definition) is 4. The molecule has 3 rings (SSSR count). The Kier molecular flexibility index (Phi) is 9.22. The summed E-state index contributed by atoms with van der Waals surface area (Å²) in [5.41, 5.74) is 1.03. The molecule has 0 atom stereocenters. The number of hydrogen-bond donors (Lipinski definition) is 2. The largest absolute Gasteiger partial charge is 0.459 e. The predicted octanol–water partition coefficient (Wildman–Crippen LogP) is 4.02. The normalized spacial score (nSPS) is 14.5. The standard InChI is InChI=1S/C22H29N3O3.ClH/c1-25(22(27)20-13-8-16-28-20)19-12-7-6-11-18(19)21(26)24-15-14-23-17-9-4-2-3-5-10-17;/h6-8,11-13,16-17,23H,2-5,9-10,14-15H2,1H3,(H,24,26);1H. The Labute approximate surface area is 178 Å². The highest BCUT2D eigenvalue weighted by atomic mass is 35.5. The average Bonchev–Trinajstić information content (AvgIpc) is 3.14. The number of nitrogens with zero attached hydrogens (tertiary/aromatic N) is 1. The number of nitrogens with one attached hydrogen (secondary N) is 2. The van der Waals surface area contributed by atoms with E-state index in [2.05, 4.69) is 10.6 Å². The summed E-state index contributed by atoms with van der Waals surface area (Å²) >= 11 is 0. The van der Waals surface area contributed by atoms with Crippen LogP contribution >= 0.6 is 12.4 Å². The lowest BCUT2D eigenvalue weighted by molar-refractivity contribution is 0.0953. The third kappa shape index (κ3) is 6.34. The Morgan fingerprint density at radius 2 is 1.76 bits per heavy atom. The molecule has 0 radical (unpaired) electrons. The molecular formula is C22H30ClN3O3. The maximum absolute atomic E-state index is 12.7. The minimum atomic E-state index is -0.291. The lowest BCUT2D eigenvalue weighted by atomic mass is 10.1. The molecule has 2 N–H and O–H groups in total. The van der Waals surface area contributed by atoms with E-state index in [0.29, 0.717) is 23.8 Å². The van der Waals surface area contributed by atoms with Crippen LogP contribution in [0.1, 0.15) is 59.4 Å². The molecule has 1 fully saturated rings. The third-order valence-corrected chi connectivity index (χ3v) is 5.25. The average molecular weight is 420 g/mol. The zero-order valence-corrected chi connectivity index (χ0v) is 17.7. The molecule has 2 aromatic rings. The van der Waals surface area contributed by atoms with Crippen molar-refractivity contribution in [3.63, 3.8) is 0 Å². The minimum Gasteiger partial charge on any atom is -0.459 e. The molecule has 2 amide bonds. The molecule has 0 spiro atoms. The lowest BCUT2D eigenvalue weighted by Gasteiger charge is -2.20. The monoisotopic (exact) mass is 419 g/mol. The topological polar surface area (TPSA) is 74.6 Å². The van der Waals surface area contributed by atoms with Crippen LogP contribution in [0.2, 0.25) is 0 Å². The van der Waals surface area contributed by atoms with Gasteiger partial charge in [0.05, 0.1) is 17.5 Å². The van der Waals surface area contributed by atoms with Gasteiger partial charge in [0.1, 0.15) is 0 Å². The van der Waals surface area contributed by atoms with Crippen molar-refractivity contribution in [1.82, 2.24) is 10.6 Å². The van der Waals surface area contributed by atoms with Crippen molar-refractivity contribution in [1.29, 1.82) is 0 Å². The van der Waals surface area contributed by atoms with Crippen LogP contribution < -0.4 is 15.5 Å². The van der Waals surface area contributed by atoms with E-state index in [0.717, 1.165) is 6.54 Å². The van der Waals surface area contributed by atoms with Crippen LogP contribution in [0.15, 0.2) is 47.1 Å². The van der Waals surface area contributed by atoms with Gasteiger partial charge in [-0.05, 0) is 37.1 Å². The highest BCUT2D eigenvalue weighted by Crippen LogP contribution is 2.21. The first-order chi connectivity index (χ1) is 13.7. The summed E-state index contributed by atoms with van der Waals surface area (Å²) in [4.78, 5) is 26.7. The molecule has 0 aliphatic heterocycles. The number of anilines is 1. The fourth-order valence-corrected chi connectivity index (χ4v) is 3.66. The molecule has 1 aliphatic carbocycles. The Morgan fingerprint density at radius 3 is 2.45 bits per heavy atom. The Morgan fingerprint density at radius 1 is 1.03 bits per heavy atom. The van der Waals surface area contributed by atoms with E-state index in [1.54, 1.807) is 37.4 Å². The van der Waals surface area contributed by atoms with Crippen LogP contribution in [0.4, 0.5) is 5.69 Å². The SMILES string of the molecule is CN(C(=O)c1ccco1)c1ccccc1C(=O)NCCNC1CCCCCC1.Cl. The molecule has 1 aromatic carbocycles. The second-order valence-corrected chi connectivity index (χ2v) is 7.26. The van der Waals surface area contributed by atoms with E-state index in [4.69, 9.17) is 4.42 Å². The maximum Gasteiger partial charge on any atom is 0.293 e. The predicted molar refractivity (Wildman–Crippen MR) is 117 cm³/mol. The third-order valence-electron chi connectivity index (χ3n) is 5.25. The van der Waals surface area contributed by atoms with Gasteiger partial charge in [0.2, 0.25) is 0 Å². The number of carbonyl (C=O) groups is 2. The Bertz CT molecular complexity index is 771. The molecule has 1 heterocycles. The van der Waals surface area contributed by atoms with Gasteiger partial charge < -0.3 is 20.0 Å². The quantitative estimate of drug-likeness (QED) is 0.525. The van der Waals surface area contributed by atoms with Crippen molar-refractivity contribution >= 4 is 29.9 Å². The van der Waals surface area contributed by atoms with Crippen LogP contribution in [0.25, 0.3) is 0 Å². The number of benzene rings is 1. The molecule has 6 nitrogen and oxygen atoms in total. The van der Waals surface area contributed by atoms with Crippen molar-refractivity contribution < 1.29 is 14.0 Å². The van der Waals surface area contributed by atoms with Crippen LogP contribution in [-0.2, 0) is 0 Å². The Balaban J connectivity index is 0.00000300. The van der Waals surface area contributed by atoms with Crippen LogP contribution in [-0.4, -0.2) is 38.0 Å². The first-order valence-corrected chi connectivity index (χ1v) is 10.1. The molecular weight excluding hydrogens is 390 g/mol. The van der Waals surface area contributed by atoms with Crippen molar-refractivity contribution in [3.05, 3.63) is 54.0 Å². The summed E-state index contributed by atoms with van der Waals surface area (Å²) < 4.78 is 5.18. The van der Waals surface area contributed by atoms with Crippen LogP contribution in [0.5, 0.6) is 0 Å². The summed E-state index contributed by atoms with van der Waals surface area (Å²) in [5, 5.41) is 6.51. The van der Waals surface area contributed by atoms with Crippen LogP contribution in [0.3, 0.4) is 0 Å². The molecule has 0 saturated heterocycles. The van der Waals surface area contributed by atoms with Crippen molar-refractivity contribution in [2.75, 3.05) is 25.0 Å². The maximum atomic E-state index is 12.7. The molecule has 0 unspecified atom stereocenters. The van der Waals surface area contributed by atoms with Gasteiger partial charge in [0.25, 0.3) is 11.8 Å². The molecule has 1 saturated carbocycles. The molecule has 29 heavy (non-hydrogen) atoms. The van der Waals surface area contributed by atoms with E-state index < -0.39 is 0 Å². The fourth-order valence-electron chi connectivity index (χ4n) is 3.66. The van der Waals surface area contributed by atoms with Gasteiger partial charge in [0.15, 0.2) is 5.76 Å². The van der Waals surface area contributed by atoms with E-state index >= 15 is 0 Å². The second-order valence-electron chi connectivity index (χ2n) is 7.26. The van der Waals surface area contributed by atoms with Crippen molar-refractivity contribution in [3.8, 4) is 0 Å². The first kappa shape index (κ1) is 23.0. The van der Waals surface area contributed by atoms with Crippen LogP contribution in [0, 0.1) is 0 Å². The second kappa shape index (κ2) is 11.6. The van der Waals surface area contributed by atoms with Gasteiger partial charge in [-0.3, -0.25) is 9.59 Å². The van der Waals surface area contributed by atoms with Gasteiger partial charge in [-0.15, -0.1) is 12.4 Å². The summed E-state index contributed by atoms with van der Waals surface area (Å²) in [5.74, 6) is -0.233. The smallest absolute Gasteiger partial charge is 0.293 e. The number of para-hydroxylation sites is 1. The summed E-state index contributed by atoms with van der Waals surface area (Å²) in [7, 11) is 1.64. The zero-order valence-electron chi connectivity index (χ0n) is 16.9. The number of amides is 2. The van der Waals surface area contributed by atoms with Gasteiger partial charge in [-0.1, -0.05) is 37.8 Å². The van der Waals surface area contributed by atoms with Gasteiger partial charge in [-0.2, -0.15) is 0 Å². The molecule has 7 heteroatoms. The van der Waals surface area contributed by atoms with Crippen molar-refractivity contribution in [2.24, 2.45) is 0 Å². The first-order valence-electron chi connectivity index (χ1n) is 10.1. The van der Waals surface area contributed by atoms with Gasteiger partial charge >= 0.3 is 0 Å². The number of halogens is 1. The van der Waals surface area contributed by atoms with Gasteiger partial charge in [0, 0.05) is 26.2 Å². The highest BCUT2D eigenvalue weighted by Gasteiger charge is 2.21. The molecule has 1 aromatic heterocycles. The molecule has 0 bridgehead atoms. The van der Waals surface area contributed by atoms with E-state index in [1.165, 1.54) is 49.7 Å². The van der Waals surface area contributed by atoms with Crippen molar-refractivity contribution in [2.45, 2.75) is 44.6 Å². The summed E-state index contributed by atoms with van der Waals surface area (Å²) in [6.07, 6.45) is 9.13. The van der Waals surface area contributed by atoms with E-state index in [9.17, 15) is 9.59 Å². The number of rotatable bonds is 7. The summed E-state index contributed by atoms with van der Waals surface area (Å²) in [6.45, 7) is 1.30. The molecule has 158 valence electrons.